The molecule has 0 atom stereocenters. The molecule has 20 heavy (non-hydrogen) atoms. The van der Waals surface area contributed by atoms with Crippen LogP contribution in [0.4, 0.5) is 0 Å². The first-order chi connectivity index (χ1) is 9.85. The lowest BCUT2D eigenvalue weighted by molar-refractivity contribution is 0.0297. The SMILES string of the molecule is CSc1ccc(-c2noc(CN3CCOCC3)n2)cc1. The molecule has 1 aromatic heterocycles. The van der Waals surface area contributed by atoms with Gasteiger partial charge in [-0.25, -0.2) is 0 Å². The maximum atomic E-state index is 5.33. The van der Waals surface area contributed by atoms with Crippen molar-refractivity contribution in [2.24, 2.45) is 0 Å². The number of morpholine rings is 1. The monoisotopic (exact) mass is 291 g/mol. The lowest BCUT2D eigenvalue weighted by Gasteiger charge is -2.24. The molecule has 5 nitrogen and oxygen atoms in total. The molecule has 1 aliphatic rings. The van der Waals surface area contributed by atoms with Crippen LogP contribution >= 0.6 is 11.8 Å². The Morgan fingerprint density at radius 1 is 1.20 bits per heavy atom. The molecular formula is C14H17N3O2S. The second-order valence-corrected chi connectivity index (χ2v) is 5.51. The lowest BCUT2D eigenvalue weighted by Crippen LogP contribution is -2.35. The van der Waals surface area contributed by atoms with Gasteiger partial charge in [0.15, 0.2) is 0 Å². The van der Waals surface area contributed by atoms with Crippen LogP contribution in [-0.2, 0) is 11.3 Å². The molecule has 2 aromatic rings. The summed E-state index contributed by atoms with van der Waals surface area (Å²) in [7, 11) is 0. The number of hydrogen-bond acceptors (Lipinski definition) is 6. The number of thioether (sulfide) groups is 1. The maximum absolute atomic E-state index is 5.33. The van der Waals surface area contributed by atoms with Crippen molar-refractivity contribution in [2.75, 3.05) is 32.6 Å². The largest absolute Gasteiger partial charge is 0.379 e. The Balaban J connectivity index is 1.68. The molecule has 3 rings (SSSR count). The average Bonchev–Trinajstić information content (AvgIpc) is 2.97. The molecule has 6 heteroatoms. The molecule has 0 radical (unpaired) electrons. The van der Waals surface area contributed by atoms with Crippen LogP contribution in [0.2, 0.25) is 0 Å². The molecule has 2 heterocycles. The van der Waals surface area contributed by atoms with Gasteiger partial charge in [-0.3, -0.25) is 4.90 Å². The normalized spacial score (nSPS) is 16.4. The molecule has 0 amide bonds. The summed E-state index contributed by atoms with van der Waals surface area (Å²) >= 11 is 1.72. The van der Waals surface area contributed by atoms with Crippen LogP contribution in [0.15, 0.2) is 33.7 Å². The Hall–Kier alpha value is -1.37. The molecule has 1 fully saturated rings. The second kappa shape index (κ2) is 6.39. The fraction of sp³-hybridized carbons (Fsp3) is 0.429. The number of hydrogen-bond donors (Lipinski definition) is 0. The van der Waals surface area contributed by atoms with Gasteiger partial charge in [-0.15, -0.1) is 11.8 Å². The van der Waals surface area contributed by atoms with Gasteiger partial charge in [0.2, 0.25) is 11.7 Å². The predicted molar refractivity (Wildman–Crippen MR) is 77.6 cm³/mol. The zero-order chi connectivity index (χ0) is 13.8. The Morgan fingerprint density at radius 3 is 2.65 bits per heavy atom. The molecule has 0 bridgehead atoms. The van der Waals surface area contributed by atoms with Crippen LogP contribution in [0.5, 0.6) is 0 Å². The van der Waals surface area contributed by atoms with Gasteiger partial charge in [-0.05, 0) is 30.5 Å². The summed E-state index contributed by atoms with van der Waals surface area (Å²) in [4.78, 5) is 7.95. The number of benzene rings is 1. The van der Waals surface area contributed by atoms with Gasteiger partial charge in [-0.1, -0.05) is 5.16 Å². The van der Waals surface area contributed by atoms with E-state index in [0.717, 1.165) is 31.9 Å². The first kappa shape index (κ1) is 13.6. The first-order valence-corrected chi connectivity index (χ1v) is 7.85. The lowest BCUT2D eigenvalue weighted by atomic mass is 10.2. The minimum atomic E-state index is 0.654. The number of rotatable bonds is 4. The molecule has 0 saturated carbocycles. The molecule has 0 N–H and O–H groups in total. The van der Waals surface area contributed by atoms with Crippen molar-refractivity contribution in [1.82, 2.24) is 15.0 Å². The minimum Gasteiger partial charge on any atom is -0.379 e. The van der Waals surface area contributed by atoms with Crippen LogP contribution in [0.25, 0.3) is 11.4 Å². The van der Waals surface area contributed by atoms with Gasteiger partial charge in [0.1, 0.15) is 0 Å². The maximum Gasteiger partial charge on any atom is 0.241 e. The van der Waals surface area contributed by atoms with E-state index >= 15 is 0 Å². The highest BCUT2D eigenvalue weighted by atomic mass is 32.2. The fourth-order valence-corrected chi connectivity index (χ4v) is 2.54. The summed E-state index contributed by atoms with van der Waals surface area (Å²) in [5.41, 5.74) is 0.986. The van der Waals surface area contributed by atoms with Gasteiger partial charge in [0, 0.05) is 23.5 Å². The van der Waals surface area contributed by atoms with E-state index in [1.807, 2.05) is 12.1 Å². The minimum absolute atomic E-state index is 0.654. The van der Waals surface area contributed by atoms with E-state index < -0.39 is 0 Å². The molecule has 0 aliphatic carbocycles. The van der Waals surface area contributed by atoms with Crippen molar-refractivity contribution in [3.05, 3.63) is 30.2 Å². The first-order valence-electron chi connectivity index (χ1n) is 6.62. The third kappa shape index (κ3) is 3.20. The van der Waals surface area contributed by atoms with Crippen LogP contribution < -0.4 is 0 Å². The molecule has 1 aromatic carbocycles. The number of ether oxygens (including phenoxy) is 1. The van der Waals surface area contributed by atoms with E-state index in [0.29, 0.717) is 18.3 Å². The predicted octanol–water partition coefficient (Wildman–Crippen LogP) is 2.29. The van der Waals surface area contributed by atoms with E-state index in [4.69, 9.17) is 9.26 Å². The van der Waals surface area contributed by atoms with Crippen molar-refractivity contribution in [3.8, 4) is 11.4 Å². The van der Waals surface area contributed by atoms with Crippen molar-refractivity contribution in [3.63, 3.8) is 0 Å². The van der Waals surface area contributed by atoms with Gasteiger partial charge >= 0.3 is 0 Å². The van der Waals surface area contributed by atoms with Gasteiger partial charge in [0.25, 0.3) is 0 Å². The second-order valence-electron chi connectivity index (χ2n) is 4.63. The van der Waals surface area contributed by atoms with Crippen molar-refractivity contribution in [2.45, 2.75) is 11.4 Å². The molecule has 0 unspecified atom stereocenters. The number of nitrogens with zero attached hydrogens (tertiary/aromatic N) is 3. The Kier molecular flexibility index (Phi) is 4.34. The molecular weight excluding hydrogens is 274 g/mol. The topological polar surface area (TPSA) is 51.4 Å². The quantitative estimate of drug-likeness (QED) is 0.806. The van der Waals surface area contributed by atoms with E-state index in [-0.39, 0.29) is 0 Å². The summed E-state index contributed by atoms with van der Waals surface area (Å²) in [6.45, 7) is 4.08. The number of aromatic nitrogens is 2. The van der Waals surface area contributed by atoms with E-state index in [1.165, 1.54) is 4.90 Å². The smallest absolute Gasteiger partial charge is 0.241 e. The van der Waals surface area contributed by atoms with E-state index in [2.05, 4.69) is 33.4 Å². The summed E-state index contributed by atoms with van der Waals surface area (Å²) in [6.07, 6.45) is 2.06. The van der Waals surface area contributed by atoms with Gasteiger partial charge in [0.05, 0.1) is 19.8 Å². The van der Waals surface area contributed by atoms with Crippen LogP contribution in [0, 0.1) is 0 Å². The standard InChI is InChI=1S/C14H17N3O2S/c1-20-12-4-2-11(3-5-12)14-15-13(19-16-14)10-17-6-8-18-9-7-17/h2-5H,6-10H2,1H3. The Morgan fingerprint density at radius 2 is 1.95 bits per heavy atom. The zero-order valence-electron chi connectivity index (χ0n) is 11.4. The average molecular weight is 291 g/mol. The van der Waals surface area contributed by atoms with E-state index in [1.54, 1.807) is 11.8 Å². The van der Waals surface area contributed by atoms with Crippen molar-refractivity contribution in [1.29, 1.82) is 0 Å². The van der Waals surface area contributed by atoms with Crippen molar-refractivity contribution >= 4 is 11.8 Å². The summed E-state index contributed by atoms with van der Waals surface area (Å²) < 4.78 is 10.7. The van der Waals surface area contributed by atoms with Crippen LogP contribution in [-0.4, -0.2) is 47.6 Å². The third-order valence-electron chi connectivity index (χ3n) is 3.28. The summed E-state index contributed by atoms with van der Waals surface area (Å²) in [5, 5.41) is 4.06. The van der Waals surface area contributed by atoms with Crippen LogP contribution in [0.3, 0.4) is 0 Å². The zero-order valence-corrected chi connectivity index (χ0v) is 12.2. The Labute approximate surface area is 122 Å². The van der Waals surface area contributed by atoms with Gasteiger partial charge < -0.3 is 9.26 Å². The van der Waals surface area contributed by atoms with Crippen LogP contribution in [0.1, 0.15) is 5.89 Å². The molecule has 1 aliphatic heterocycles. The molecule has 1 saturated heterocycles. The molecule has 106 valence electrons. The summed E-state index contributed by atoms with van der Waals surface area (Å²) in [5.74, 6) is 1.32. The fourth-order valence-electron chi connectivity index (χ4n) is 2.13. The summed E-state index contributed by atoms with van der Waals surface area (Å²) in [6, 6.07) is 8.18. The highest BCUT2D eigenvalue weighted by Gasteiger charge is 2.15. The van der Waals surface area contributed by atoms with Gasteiger partial charge in [-0.2, -0.15) is 4.98 Å². The highest BCUT2D eigenvalue weighted by Crippen LogP contribution is 2.21. The van der Waals surface area contributed by atoms with E-state index in [9.17, 15) is 0 Å². The molecule has 0 spiro atoms. The highest BCUT2D eigenvalue weighted by molar-refractivity contribution is 7.98. The Bertz CT molecular complexity index is 550. The third-order valence-corrected chi connectivity index (χ3v) is 4.02. The van der Waals surface area contributed by atoms with Crippen molar-refractivity contribution < 1.29 is 9.26 Å².